The molecule has 2 aromatic carbocycles. The first-order chi connectivity index (χ1) is 14.0. The molecule has 2 aromatic rings. The summed E-state index contributed by atoms with van der Waals surface area (Å²) in [6.07, 6.45) is 1.87. The molecule has 29 heavy (non-hydrogen) atoms. The second-order valence-corrected chi connectivity index (χ2v) is 8.46. The van der Waals surface area contributed by atoms with Crippen molar-refractivity contribution in [1.29, 1.82) is 0 Å². The standard InChI is InChI=1S/C23H29N3O3/c1-16(2)9-12-26-20-8-7-19(17-5-3-6-18(22(17)20)23(26)29)25-11-4-10-24(13-14-25)15-21(27)28/h3,5-8,16H,4,9-15H2,1-2H3,(H,27,28)/p-1. The van der Waals surface area contributed by atoms with Gasteiger partial charge in [0.15, 0.2) is 0 Å². The minimum atomic E-state index is -1.02. The summed E-state index contributed by atoms with van der Waals surface area (Å²) in [7, 11) is 0. The van der Waals surface area contributed by atoms with Gasteiger partial charge in [-0.05, 0) is 37.0 Å². The van der Waals surface area contributed by atoms with Gasteiger partial charge in [-0.3, -0.25) is 9.69 Å². The van der Waals surface area contributed by atoms with Gasteiger partial charge in [0, 0.05) is 61.3 Å². The first-order valence-electron chi connectivity index (χ1n) is 10.5. The molecule has 154 valence electrons. The zero-order valence-corrected chi connectivity index (χ0v) is 17.2. The van der Waals surface area contributed by atoms with E-state index in [0.29, 0.717) is 12.5 Å². The van der Waals surface area contributed by atoms with Gasteiger partial charge in [-0.25, -0.2) is 0 Å². The molecular formula is C23H28N3O3-. The van der Waals surface area contributed by atoms with Crippen molar-refractivity contribution in [1.82, 2.24) is 4.90 Å². The summed E-state index contributed by atoms with van der Waals surface area (Å²) in [6.45, 7) is 8.15. The maximum Gasteiger partial charge on any atom is 0.258 e. The highest BCUT2D eigenvalue weighted by Crippen LogP contribution is 2.42. The second kappa shape index (κ2) is 8.03. The van der Waals surface area contributed by atoms with Crippen LogP contribution in [0.3, 0.4) is 0 Å². The Morgan fingerprint density at radius 1 is 1.07 bits per heavy atom. The summed E-state index contributed by atoms with van der Waals surface area (Å²) in [4.78, 5) is 30.1. The van der Waals surface area contributed by atoms with Gasteiger partial charge in [-0.1, -0.05) is 26.0 Å². The summed E-state index contributed by atoms with van der Waals surface area (Å²) >= 11 is 0. The van der Waals surface area contributed by atoms with E-state index in [-0.39, 0.29) is 12.5 Å². The summed E-state index contributed by atoms with van der Waals surface area (Å²) in [5.41, 5.74) is 2.93. The highest BCUT2D eigenvalue weighted by molar-refractivity contribution is 6.26. The molecule has 4 rings (SSSR count). The van der Waals surface area contributed by atoms with Gasteiger partial charge >= 0.3 is 0 Å². The van der Waals surface area contributed by atoms with Crippen molar-refractivity contribution < 1.29 is 14.7 Å². The topological polar surface area (TPSA) is 66.9 Å². The third-order valence-corrected chi connectivity index (χ3v) is 5.97. The van der Waals surface area contributed by atoms with Crippen molar-refractivity contribution in [2.75, 3.05) is 49.1 Å². The molecule has 0 saturated carbocycles. The minimum Gasteiger partial charge on any atom is -0.549 e. The lowest BCUT2D eigenvalue weighted by Gasteiger charge is -2.26. The summed E-state index contributed by atoms with van der Waals surface area (Å²) in [5, 5.41) is 13.1. The van der Waals surface area contributed by atoms with E-state index < -0.39 is 5.97 Å². The van der Waals surface area contributed by atoms with Crippen molar-refractivity contribution in [3.63, 3.8) is 0 Å². The van der Waals surface area contributed by atoms with Gasteiger partial charge in [0.05, 0.1) is 11.7 Å². The fraction of sp³-hybridized carbons (Fsp3) is 0.478. The minimum absolute atomic E-state index is 0.0169. The van der Waals surface area contributed by atoms with Crippen LogP contribution in [0.25, 0.3) is 10.8 Å². The van der Waals surface area contributed by atoms with Crippen LogP contribution in [0.2, 0.25) is 0 Å². The van der Waals surface area contributed by atoms with Crippen LogP contribution in [-0.4, -0.2) is 56.0 Å². The molecule has 0 atom stereocenters. The van der Waals surface area contributed by atoms with Crippen molar-refractivity contribution in [3.05, 3.63) is 35.9 Å². The quantitative estimate of drug-likeness (QED) is 0.751. The molecule has 0 spiro atoms. The van der Waals surface area contributed by atoms with Crippen molar-refractivity contribution >= 4 is 34.0 Å². The number of hydrogen-bond donors (Lipinski definition) is 0. The van der Waals surface area contributed by atoms with Crippen molar-refractivity contribution in [2.24, 2.45) is 5.92 Å². The molecule has 2 aliphatic heterocycles. The lowest BCUT2D eigenvalue weighted by atomic mass is 10.0. The van der Waals surface area contributed by atoms with E-state index in [2.05, 4.69) is 36.9 Å². The van der Waals surface area contributed by atoms with E-state index in [1.807, 2.05) is 21.9 Å². The Morgan fingerprint density at radius 3 is 2.62 bits per heavy atom. The van der Waals surface area contributed by atoms with E-state index in [1.54, 1.807) is 0 Å². The monoisotopic (exact) mass is 394 g/mol. The Bertz CT molecular complexity index is 940. The van der Waals surface area contributed by atoms with Crippen LogP contribution in [0.15, 0.2) is 30.3 Å². The number of benzene rings is 2. The average molecular weight is 394 g/mol. The zero-order valence-electron chi connectivity index (χ0n) is 17.2. The number of anilines is 2. The second-order valence-electron chi connectivity index (χ2n) is 8.46. The molecule has 0 unspecified atom stereocenters. The summed E-state index contributed by atoms with van der Waals surface area (Å²) in [5.74, 6) is -0.384. The van der Waals surface area contributed by atoms with Crippen LogP contribution in [0, 0.1) is 5.92 Å². The van der Waals surface area contributed by atoms with E-state index in [1.165, 1.54) is 0 Å². The Kier molecular flexibility index (Phi) is 5.46. The third kappa shape index (κ3) is 3.81. The highest BCUT2D eigenvalue weighted by Gasteiger charge is 2.31. The fourth-order valence-corrected chi connectivity index (χ4v) is 4.47. The van der Waals surface area contributed by atoms with E-state index in [0.717, 1.165) is 66.7 Å². The molecule has 6 nitrogen and oxygen atoms in total. The molecule has 0 aromatic heterocycles. The largest absolute Gasteiger partial charge is 0.549 e. The molecule has 0 N–H and O–H groups in total. The number of carbonyl (C=O) groups is 2. The van der Waals surface area contributed by atoms with Crippen LogP contribution in [0.4, 0.5) is 11.4 Å². The van der Waals surface area contributed by atoms with Gasteiger partial charge in [0.25, 0.3) is 5.91 Å². The van der Waals surface area contributed by atoms with Gasteiger partial charge in [0.2, 0.25) is 0 Å². The number of amides is 1. The van der Waals surface area contributed by atoms with E-state index >= 15 is 0 Å². The lowest BCUT2D eigenvalue weighted by molar-refractivity contribution is -0.306. The Morgan fingerprint density at radius 2 is 1.86 bits per heavy atom. The Labute approximate surface area is 171 Å². The molecular weight excluding hydrogens is 366 g/mol. The van der Waals surface area contributed by atoms with Crippen LogP contribution in [0.1, 0.15) is 37.0 Å². The zero-order chi connectivity index (χ0) is 20.5. The molecule has 0 aliphatic carbocycles. The van der Waals surface area contributed by atoms with Gasteiger partial charge in [-0.2, -0.15) is 0 Å². The molecule has 0 bridgehead atoms. The SMILES string of the molecule is CC(C)CCN1C(=O)c2cccc3c(N4CCCN(CC(=O)[O-])CC4)ccc1c23. The van der Waals surface area contributed by atoms with Crippen molar-refractivity contribution in [3.8, 4) is 0 Å². The summed E-state index contributed by atoms with van der Waals surface area (Å²) in [6, 6.07) is 10.2. The first kappa shape index (κ1) is 19.7. The normalized spacial score (nSPS) is 17.4. The number of carbonyl (C=O) groups excluding carboxylic acids is 2. The molecule has 1 fully saturated rings. The Balaban J connectivity index is 1.65. The Hall–Kier alpha value is -2.60. The average Bonchev–Trinajstić information content (AvgIpc) is 2.82. The van der Waals surface area contributed by atoms with Gasteiger partial charge < -0.3 is 19.7 Å². The number of aliphatic carboxylic acids is 1. The maximum absolute atomic E-state index is 13.0. The van der Waals surface area contributed by atoms with Crippen molar-refractivity contribution in [2.45, 2.75) is 26.7 Å². The molecule has 1 saturated heterocycles. The maximum atomic E-state index is 13.0. The predicted octanol–water partition coefficient (Wildman–Crippen LogP) is 2.11. The van der Waals surface area contributed by atoms with E-state index in [4.69, 9.17) is 0 Å². The van der Waals surface area contributed by atoms with Gasteiger partial charge in [0.1, 0.15) is 0 Å². The molecule has 0 radical (unpaired) electrons. The van der Waals surface area contributed by atoms with E-state index in [9.17, 15) is 14.7 Å². The lowest BCUT2D eigenvalue weighted by Crippen LogP contribution is -2.40. The molecule has 2 aliphatic rings. The van der Waals surface area contributed by atoms with Crippen LogP contribution >= 0.6 is 0 Å². The number of carboxylic acid groups (broad SMARTS) is 1. The fourth-order valence-electron chi connectivity index (χ4n) is 4.47. The molecule has 6 heteroatoms. The number of hydrogen-bond acceptors (Lipinski definition) is 5. The predicted molar refractivity (Wildman–Crippen MR) is 113 cm³/mol. The van der Waals surface area contributed by atoms with Crippen LogP contribution in [-0.2, 0) is 4.79 Å². The number of nitrogens with zero attached hydrogens (tertiary/aromatic N) is 3. The molecule has 2 heterocycles. The highest BCUT2D eigenvalue weighted by atomic mass is 16.4. The van der Waals surface area contributed by atoms with Gasteiger partial charge in [-0.15, -0.1) is 0 Å². The smallest absolute Gasteiger partial charge is 0.258 e. The number of rotatable bonds is 6. The summed E-state index contributed by atoms with van der Waals surface area (Å²) < 4.78 is 0. The molecule has 1 amide bonds. The third-order valence-electron chi connectivity index (χ3n) is 5.97. The number of carboxylic acids is 1. The first-order valence-corrected chi connectivity index (χ1v) is 10.5. The van der Waals surface area contributed by atoms with Crippen LogP contribution in [0.5, 0.6) is 0 Å². The van der Waals surface area contributed by atoms with Crippen LogP contribution < -0.4 is 14.9 Å².